The molecule has 6 heteroatoms. The van der Waals surface area contributed by atoms with Gasteiger partial charge in [-0.1, -0.05) is 0 Å². The van der Waals surface area contributed by atoms with Crippen molar-refractivity contribution in [3.63, 3.8) is 0 Å². The number of aromatic nitrogens is 3. The van der Waals surface area contributed by atoms with Crippen LogP contribution >= 0.6 is 0 Å². The van der Waals surface area contributed by atoms with Gasteiger partial charge in [-0.25, -0.2) is 4.98 Å². The fraction of sp³-hybridized carbons (Fsp3) is 0.316. The van der Waals surface area contributed by atoms with Gasteiger partial charge in [-0.05, 0) is 43.7 Å². The van der Waals surface area contributed by atoms with Gasteiger partial charge in [0, 0.05) is 36.5 Å². The molecule has 128 valence electrons. The van der Waals surface area contributed by atoms with Crippen molar-refractivity contribution in [2.24, 2.45) is 0 Å². The fourth-order valence-electron chi connectivity index (χ4n) is 3.40. The summed E-state index contributed by atoms with van der Waals surface area (Å²) in [6, 6.07) is 9.25. The second-order valence-electron chi connectivity index (χ2n) is 6.41. The maximum Gasteiger partial charge on any atom is 0.251 e. The van der Waals surface area contributed by atoms with Gasteiger partial charge in [-0.15, -0.1) is 0 Å². The maximum absolute atomic E-state index is 12.1. The fourth-order valence-corrected chi connectivity index (χ4v) is 3.40. The van der Waals surface area contributed by atoms with Gasteiger partial charge in [0.1, 0.15) is 11.6 Å². The largest absolute Gasteiger partial charge is 0.468 e. The smallest absolute Gasteiger partial charge is 0.251 e. The van der Waals surface area contributed by atoms with E-state index in [1.807, 2.05) is 24.3 Å². The Kier molecular flexibility index (Phi) is 4.43. The molecule has 0 aromatic carbocycles. The number of aromatic amines is 1. The summed E-state index contributed by atoms with van der Waals surface area (Å²) in [6.07, 6.45) is 7.24. The van der Waals surface area contributed by atoms with Crippen molar-refractivity contribution in [3.05, 3.63) is 70.8 Å². The molecule has 1 aliphatic rings. The molecule has 1 atom stereocenters. The van der Waals surface area contributed by atoms with E-state index in [9.17, 15) is 4.79 Å². The number of furan rings is 1. The summed E-state index contributed by atoms with van der Waals surface area (Å²) in [7, 11) is 0. The lowest BCUT2D eigenvalue weighted by Gasteiger charge is -2.31. The minimum atomic E-state index is -0.111. The summed E-state index contributed by atoms with van der Waals surface area (Å²) < 4.78 is 5.46. The Bertz CT molecular complexity index is 874. The summed E-state index contributed by atoms with van der Waals surface area (Å²) in [5, 5.41) is 0. The van der Waals surface area contributed by atoms with E-state index in [1.54, 1.807) is 24.7 Å². The zero-order chi connectivity index (χ0) is 17.1. The van der Waals surface area contributed by atoms with Gasteiger partial charge in [0.25, 0.3) is 5.56 Å². The Morgan fingerprint density at radius 3 is 2.96 bits per heavy atom. The monoisotopic (exact) mass is 336 g/mol. The minimum absolute atomic E-state index is 0.111. The number of hydrogen-bond donors (Lipinski definition) is 1. The molecule has 1 aliphatic heterocycles. The van der Waals surface area contributed by atoms with Crippen molar-refractivity contribution in [1.29, 1.82) is 0 Å². The zero-order valence-electron chi connectivity index (χ0n) is 13.9. The Balaban J connectivity index is 1.56. The van der Waals surface area contributed by atoms with Crippen LogP contribution in [0.2, 0.25) is 0 Å². The second kappa shape index (κ2) is 7.03. The molecule has 0 amide bonds. The Labute approximate surface area is 145 Å². The number of H-pyrrole nitrogens is 1. The Morgan fingerprint density at radius 2 is 2.16 bits per heavy atom. The lowest BCUT2D eigenvalue weighted by molar-refractivity contribution is 0.185. The molecule has 1 N–H and O–H groups in total. The molecule has 3 aromatic heterocycles. The van der Waals surface area contributed by atoms with Crippen LogP contribution in [-0.2, 0) is 6.54 Å². The van der Waals surface area contributed by atoms with Crippen LogP contribution in [0, 0.1) is 0 Å². The van der Waals surface area contributed by atoms with Gasteiger partial charge >= 0.3 is 0 Å². The molecule has 0 unspecified atom stereocenters. The molecule has 0 radical (unpaired) electrons. The van der Waals surface area contributed by atoms with Gasteiger partial charge in [0.2, 0.25) is 0 Å². The molecule has 0 bridgehead atoms. The normalized spacial score (nSPS) is 18.3. The van der Waals surface area contributed by atoms with E-state index in [0.29, 0.717) is 5.82 Å². The Hall–Kier alpha value is -2.73. The first kappa shape index (κ1) is 15.8. The number of hydrogen-bond acceptors (Lipinski definition) is 5. The second-order valence-corrected chi connectivity index (χ2v) is 6.41. The highest BCUT2D eigenvalue weighted by Gasteiger charge is 2.24. The predicted molar refractivity (Wildman–Crippen MR) is 94.0 cm³/mol. The van der Waals surface area contributed by atoms with E-state index in [1.165, 1.54) is 0 Å². The van der Waals surface area contributed by atoms with Crippen molar-refractivity contribution in [2.75, 3.05) is 13.1 Å². The molecular weight excluding hydrogens is 316 g/mol. The van der Waals surface area contributed by atoms with Crippen LogP contribution < -0.4 is 5.56 Å². The third-order valence-corrected chi connectivity index (χ3v) is 4.60. The van der Waals surface area contributed by atoms with E-state index in [-0.39, 0.29) is 11.5 Å². The summed E-state index contributed by atoms with van der Waals surface area (Å²) in [5.41, 5.74) is 1.62. The zero-order valence-corrected chi connectivity index (χ0v) is 13.9. The van der Waals surface area contributed by atoms with Crippen LogP contribution in [0.4, 0.5) is 0 Å². The highest BCUT2D eigenvalue weighted by molar-refractivity contribution is 5.53. The average molecular weight is 336 g/mol. The van der Waals surface area contributed by atoms with E-state index in [2.05, 4.69) is 14.9 Å². The standard InChI is InChI=1S/C19H20N4O2/c24-18-11-17(21-19(22-18)14-5-7-20-8-6-14)15-3-1-9-23(12-15)13-16-4-2-10-25-16/h2,4-8,10-11,15H,1,3,9,12-13H2,(H,21,22,24)/t15-/m0/s1. The van der Waals surface area contributed by atoms with E-state index >= 15 is 0 Å². The first-order valence-corrected chi connectivity index (χ1v) is 8.54. The first-order valence-electron chi connectivity index (χ1n) is 8.54. The summed E-state index contributed by atoms with van der Waals surface area (Å²) in [6.45, 7) is 2.72. The van der Waals surface area contributed by atoms with Crippen LogP contribution in [-0.4, -0.2) is 32.9 Å². The number of nitrogens with one attached hydrogen (secondary N) is 1. The van der Waals surface area contributed by atoms with Crippen molar-refractivity contribution < 1.29 is 4.42 Å². The summed E-state index contributed by atoms with van der Waals surface area (Å²) in [4.78, 5) is 26.1. The van der Waals surface area contributed by atoms with Gasteiger partial charge in [-0.3, -0.25) is 14.7 Å². The molecular formula is C19H20N4O2. The van der Waals surface area contributed by atoms with Crippen molar-refractivity contribution in [3.8, 4) is 11.4 Å². The third-order valence-electron chi connectivity index (χ3n) is 4.60. The highest BCUT2D eigenvalue weighted by atomic mass is 16.3. The van der Waals surface area contributed by atoms with Crippen molar-refractivity contribution >= 4 is 0 Å². The van der Waals surface area contributed by atoms with E-state index in [0.717, 1.165) is 49.5 Å². The highest BCUT2D eigenvalue weighted by Crippen LogP contribution is 2.27. The summed E-state index contributed by atoms with van der Waals surface area (Å²) >= 11 is 0. The lowest BCUT2D eigenvalue weighted by Crippen LogP contribution is -2.34. The number of likely N-dealkylation sites (tertiary alicyclic amines) is 1. The predicted octanol–water partition coefficient (Wildman–Crippen LogP) is 2.80. The Morgan fingerprint density at radius 1 is 1.28 bits per heavy atom. The molecule has 3 aromatic rings. The molecule has 0 spiro atoms. The number of piperidine rings is 1. The average Bonchev–Trinajstić information content (AvgIpc) is 3.15. The summed E-state index contributed by atoms with van der Waals surface area (Å²) in [5.74, 6) is 1.83. The molecule has 4 rings (SSSR count). The van der Waals surface area contributed by atoms with Crippen LogP contribution in [0.15, 0.2) is 58.2 Å². The minimum Gasteiger partial charge on any atom is -0.468 e. The third kappa shape index (κ3) is 3.69. The molecule has 25 heavy (non-hydrogen) atoms. The van der Waals surface area contributed by atoms with Crippen LogP contribution in [0.1, 0.15) is 30.2 Å². The van der Waals surface area contributed by atoms with Gasteiger partial charge in [-0.2, -0.15) is 0 Å². The first-order chi connectivity index (χ1) is 12.3. The van der Waals surface area contributed by atoms with Crippen molar-refractivity contribution in [2.45, 2.75) is 25.3 Å². The van der Waals surface area contributed by atoms with Gasteiger partial charge in [0.05, 0.1) is 18.5 Å². The molecule has 6 nitrogen and oxygen atoms in total. The molecule has 4 heterocycles. The molecule has 1 fully saturated rings. The van der Waals surface area contributed by atoms with Crippen LogP contribution in [0.25, 0.3) is 11.4 Å². The van der Waals surface area contributed by atoms with Crippen LogP contribution in [0.3, 0.4) is 0 Å². The van der Waals surface area contributed by atoms with Crippen molar-refractivity contribution in [1.82, 2.24) is 19.9 Å². The van der Waals surface area contributed by atoms with Gasteiger partial charge in [0.15, 0.2) is 0 Å². The molecule has 0 saturated carbocycles. The van der Waals surface area contributed by atoms with Crippen LogP contribution in [0.5, 0.6) is 0 Å². The lowest BCUT2D eigenvalue weighted by atomic mass is 9.94. The number of nitrogens with zero attached hydrogens (tertiary/aromatic N) is 3. The van der Waals surface area contributed by atoms with E-state index < -0.39 is 0 Å². The topological polar surface area (TPSA) is 75.0 Å². The van der Waals surface area contributed by atoms with E-state index in [4.69, 9.17) is 9.40 Å². The van der Waals surface area contributed by atoms with Gasteiger partial charge < -0.3 is 9.40 Å². The maximum atomic E-state index is 12.1. The molecule has 1 saturated heterocycles. The number of rotatable bonds is 4. The number of pyridine rings is 1. The molecule has 0 aliphatic carbocycles. The quantitative estimate of drug-likeness (QED) is 0.793. The SMILES string of the molecule is O=c1cc([C@H]2CCCN(Cc3ccco3)C2)nc(-c2ccncc2)[nH]1.